The normalized spacial score (nSPS) is 18.1. The lowest BCUT2D eigenvalue weighted by Gasteiger charge is -2.27. The molecule has 0 amide bonds. The number of nitrogens with one attached hydrogen (secondary N) is 1. The number of hydrogen-bond donors (Lipinski definition) is 3. The maximum atomic E-state index is 9.60. The minimum absolute atomic E-state index is 0.0386. The van der Waals surface area contributed by atoms with Gasteiger partial charge in [0.1, 0.15) is 0 Å². The van der Waals surface area contributed by atoms with Crippen molar-refractivity contribution in [3.63, 3.8) is 0 Å². The van der Waals surface area contributed by atoms with Gasteiger partial charge in [0.15, 0.2) is 11.5 Å². The van der Waals surface area contributed by atoms with E-state index in [1.807, 2.05) is 0 Å². The maximum absolute atomic E-state index is 9.60. The van der Waals surface area contributed by atoms with Gasteiger partial charge in [0.25, 0.3) is 0 Å². The fourth-order valence-corrected chi connectivity index (χ4v) is 2.58. The van der Waals surface area contributed by atoms with E-state index in [4.69, 9.17) is 0 Å². The summed E-state index contributed by atoms with van der Waals surface area (Å²) in [5.41, 5.74) is 4.66. The highest BCUT2D eigenvalue weighted by atomic mass is 16.3. The first-order valence-corrected chi connectivity index (χ1v) is 6.47. The molecule has 1 heterocycles. The second-order valence-electron chi connectivity index (χ2n) is 5.16. The molecule has 0 aliphatic carbocycles. The van der Waals surface area contributed by atoms with E-state index in [1.54, 1.807) is 12.1 Å². The highest BCUT2D eigenvalue weighted by Gasteiger charge is 2.20. The second kappa shape index (κ2) is 4.59. The highest BCUT2D eigenvalue weighted by Crippen LogP contribution is 2.33. The molecular weight excluding hydrogens is 238 g/mol. The van der Waals surface area contributed by atoms with Crippen LogP contribution in [0.3, 0.4) is 0 Å². The predicted molar refractivity (Wildman–Crippen MR) is 74.2 cm³/mol. The third kappa shape index (κ3) is 2.29. The molecule has 0 saturated heterocycles. The molecule has 0 saturated carbocycles. The molecular formula is C16H17NO2. The summed E-state index contributed by atoms with van der Waals surface area (Å²) in [6.07, 6.45) is 0.826. The van der Waals surface area contributed by atoms with Crippen molar-refractivity contribution in [3.8, 4) is 11.5 Å². The van der Waals surface area contributed by atoms with E-state index in [0.717, 1.165) is 17.5 Å². The number of hydrogen-bond acceptors (Lipinski definition) is 3. The van der Waals surface area contributed by atoms with Crippen molar-refractivity contribution in [3.05, 3.63) is 58.7 Å². The van der Waals surface area contributed by atoms with Gasteiger partial charge in [-0.1, -0.05) is 29.8 Å². The Morgan fingerprint density at radius 3 is 2.32 bits per heavy atom. The molecule has 0 fully saturated rings. The first kappa shape index (κ1) is 12.1. The molecule has 3 rings (SSSR count). The Balaban J connectivity index is 1.89. The van der Waals surface area contributed by atoms with Crippen LogP contribution >= 0.6 is 0 Å². The average Bonchev–Trinajstić information content (AvgIpc) is 2.40. The topological polar surface area (TPSA) is 52.5 Å². The summed E-state index contributed by atoms with van der Waals surface area (Å²) in [5, 5.41) is 22.6. The van der Waals surface area contributed by atoms with E-state index >= 15 is 0 Å². The summed E-state index contributed by atoms with van der Waals surface area (Å²) in [6, 6.07) is 12.1. The summed E-state index contributed by atoms with van der Waals surface area (Å²) in [7, 11) is 0. The molecule has 98 valence electrons. The molecule has 19 heavy (non-hydrogen) atoms. The largest absolute Gasteiger partial charge is 0.504 e. The molecule has 1 aliphatic rings. The molecule has 0 aromatic heterocycles. The molecule has 1 aliphatic heterocycles. The van der Waals surface area contributed by atoms with Crippen LogP contribution in [0.1, 0.15) is 28.3 Å². The molecule has 3 nitrogen and oxygen atoms in total. The minimum Gasteiger partial charge on any atom is -0.504 e. The first-order chi connectivity index (χ1) is 9.13. The molecule has 1 atom stereocenters. The molecule has 0 radical (unpaired) electrons. The Labute approximate surface area is 112 Å². The Morgan fingerprint density at radius 2 is 1.63 bits per heavy atom. The fourth-order valence-electron chi connectivity index (χ4n) is 2.58. The van der Waals surface area contributed by atoms with Gasteiger partial charge < -0.3 is 15.5 Å². The lowest BCUT2D eigenvalue weighted by Crippen LogP contribution is -2.28. The van der Waals surface area contributed by atoms with Crippen LogP contribution in [-0.4, -0.2) is 10.2 Å². The summed E-state index contributed by atoms with van der Waals surface area (Å²) >= 11 is 0. The molecule has 2 aromatic rings. The third-order valence-electron chi connectivity index (χ3n) is 3.74. The number of fused-ring (bicyclic) bond motifs is 1. The van der Waals surface area contributed by atoms with Crippen LogP contribution < -0.4 is 5.32 Å². The zero-order chi connectivity index (χ0) is 13.4. The number of phenolic OH excluding ortho intramolecular Hbond substituents is 2. The van der Waals surface area contributed by atoms with Gasteiger partial charge in [-0.25, -0.2) is 0 Å². The zero-order valence-corrected chi connectivity index (χ0v) is 10.9. The van der Waals surface area contributed by atoms with Gasteiger partial charge in [0.05, 0.1) is 0 Å². The molecule has 3 N–H and O–H groups in total. The van der Waals surface area contributed by atoms with Gasteiger partial charge in [0.2, 0.25) is 0 Å². The average molecular weight is 255 g/mol. The smallest absolute Gasteiger partial charge is 0.157 e. The zero-order valence-electron chi connectivity index (χ0n) is 10.9. The van der Waals surface area contributed by atoms with Gasteiger partial charge in [-0.3, -0.25) is 0 Å². The lowest BCUT2D eigenvalue weighted by molar-refractivity contribution is 0.399. The van der Waals surface area contributed by atoms with Crippen LogP contribution in [0.25, 0.3) is 0 Å². The van der Waals surface area contributed by atoms with Gasteiger partial charge >= 0.3 is 0 Å². The standard InChI is InChI=1S/C16H17NO2/c1-10-2-4-11(5-3-10)14-6-12-7-15(18)16(19)8-13(12)9-17-14/h2-5,7-8,14,17-19H,6,9H2,1H3/t14-/m0/s1. The summed E-state index contributed by atoms with van der Waals surface area (Å²) < 4.78 is 0. The van der Waals surface area contributed by atoms with E-state index in [-0.39, 0.29) is 17.5 Å². The number of aryl methyl sites for hydroxylation is 1. The maximum Gasteiger partial charge on any atom is 0.157 e. The van der Waals surface area contributed by atoms with Crippen LogP contribution in [0.4, 0.5) is 0 Å². The monoisotopic (exact) mass is 255 g/mol. The van der Waals surface area contributed by atoms with Crippen molar-refractivity contribution >= 4 is 0 Å². The quantitative estimate of drug-likeness (QED) is 0.687. The van der Waals surface area contributed by atoms with Crippen molar-refractivity contribution in [2.24, 2.45) is 0 Å². The number of phenols is 2. The summed E-state index contributed by atoms with van der Waals surface area (Å²) in [6.45, 7) is 2.79. The van der Waals surface area contributed by atoms with E-state index in [9.17, 15) is 10.2 Å². The van der Waals surface area contributed by atoms with Crippen LogP contribution in [0.15, 0.2) is 36.4 Å². The van der Waals surface area contributed by atoms with E-state index in [2.05, 4.69) is 36.5 Å². The van der Waals surface area contributed by atoms with Gasteiger partial charge in [-0.2, -0.15) is 0 Å². The van der Waals surface area contributed by atoms with Gasteiger partial charge in [0, 0.05) is 12.6 Å². The van der Waals surface area contributed by atoms with E-state index in [1.165, 1.54) is 11.1 Å². The first-order valence-electron chi connectivity index (χ1n) is 6.47. The van der Waals surface area contributed by atoms with Crippen molar-refractivity contribution in [2.45, 2.75) is 25.9 Å². The Bertz CT molecular complexity index is 605. The van der Waals surface area contributed by atoms with Crippen LogP contribution in [-0.2, 0) is 13.0 Å². The number of rotatable bonds is 1. The third-order valence-corrected chi connectivity index (χ3v) is 3.74. The predicted octanol–water partition coefficient (Wildman–Crippen LogP) is 2.79. The highest BCUT2D eigenvalue weighted by molar-refractivity contribution is 5.47. The lowest BCUT2D eigenvalue weighted by atomic mass is 9.91. The van der Waals surface area contributed by atoms with Gasteiger partial charge in [-0.15, -0.1) is 0 Å². The Kier molecular flexibility index (Phi) is 2.91. The minimum atomic E-state index is -0.0469. The van der Waals surface area contributed by atoms with E-state index in [0.29, 0.717) is 6.54 Å². The second-order valence-corrected chi connectivity index (χ2v) is 5.16. The van der Waals surface area contributed by atoms with Crippen LogP contribution in [0.2, 0.25) is 0 Å². The van der Waals surface area contributed by atoms with Crippen molar-refractivity contribution < 1.29 is 10.2 Å². The van der Waals surface area contributed by atoms with Crippen molar-refractivity contribution in [1.29, 1.82) is 0 Å². The van der Waals surface area contributed by atoms with Gasteiger partial charge in [-0.05, 0) is 42.2 Å². The van der Waals surface area contributed by atoms with E-state index < -0.39 is 0 Å². The summed E-state index contributed by atoms with van der Waals surface area (Å²) in [5.74, 6) is -0.0855. The molecule has 2 aromatic carbocycles. The SMILES string of the molecule is Cc1ccc([C@@H]2Cc3cc(O)c(O)cc3CN2)cc1. The Morgan fingerprint density at radius 1 is 1.00 bits per heavy atom. The number of benzene rings is 2. The van der Waals surface area contributed by atoms with Crippen molar-refractivity contribution in [1.82, 2.24) is 5.32 Å². The van der Waals surface area contributed by atoms with Crippen LogP contribution in [0, 0.1) is 6.92 Å². The molecule has 0 spiro atoms. The summed E-state index contributed by atoms with van der Waals surface area (Å²) in [4.78, 5) is 0. The number of aromatic hydroxyl groups is 2. The fraction of sp³-hybridized carbons (Fsp3) is 0.250. The molecule has 0 unspecified atom stereocenters. The molecule has 3 heteroatoms. The van der Waals surface area contributed by atoms with Crippen molar-refractivity contribution in [2.75, 3.05) is 0 Å². The van der Waals surface area contributed by atoms with Crippen LogP contribution in [0.5, 0.6) is 11.5 Å². The Hall–Kier alpha value is -2.00. The molecule has 0 bridgehead atoms.